The lowest BCUT2D eigenvalue weighted by Crippen LogP contribution is -2.41. The lowest BCUT2D eigenvalue weighted by atomic mass is 10.0. The molecule has 0 unspecified atom stereocenters. The number of aromatic nitrogens is 1. The Labute approximate surface area is 155 Å². The van der Waals surface area contributed by atoms with Crippen LogP contribution in [-0.2, 0) is 22.5 Å². The first-order valence-electron chi connectivity index (χ1n) is 8.16. The molecule has 2 aliphatic rings. The summed E-state index contributed by atoms with van der Waals surface area (Å²) < 4.78 is 3.83. The number of H-pyrrole nitrogens is 1. The van der Waals surface area contributed by atoms with Crippen LogP contribution in [0.15, 0.2) is 18.2 Å². The van der Waals surface area contributed by atoms with Gasteiger partial charge in [0.2, 0.25) is 5.91 Å². The van der Waals surface area contributed by atoms with Crippen molar-refractivity contribution in [1.29, 1.82) is 0 Å². The Morgan fingerprint density at radius 2 is 2.04 bits per heavy atom. The van der Waals surface area contributed by atoms with Crippen LogP contribution >= 0.6 is 23.2 Å². The number of hydrogen-bond acceptors (Lipinski definition) is 3. The average Bonchev–Trinajstić information content (AvgIpc) is 2.95. The third-order valence-corrected chi connectivity index (χ3v) is 6.51. The number of carbonyl (C=O) groups is 2. The van der Waals surface area contributed by atoms with Gasteiger partial charge in [-0.05, 0) is 31.5 Å². The molecule has 25 heavy (non-hydrogen) atoms. The highest BCUT2D eigenvalue weighted by Crippen LogP contribution is 2.64. The lowest BCUT2D eigenvalue weighted by Gasteiger charge is -2.30. The van der Waals surface area contributed by atoms with Gasteiger partial charge in [0.1, 0.15) is 4.33 Å². The van der Waals surface area contributed by atoms with E-state index in [1.54, 1.807) is 6.07 Å². The molecule has 2 aromatic rings. The van der Waals surface area contributed by atoms with Gasteiger partial charge in [-0.15, -0.1) is 23.2 Å². The smallest absolute Gasteiger partial charge is 0.337 e. The highest BCUT2D eigenvalue weighted by molar-refractivity contribution is 6.53. The number of fused-ring (bicyclic) bond motifs is 3. The van der Waals surface area contributed by atoms with Crippen LogP contribution in [0.3, 0.4) is 0 Å². The Morgan fingerprint density at radius 1 is 1.32 bits per heavy atom. The molecule has 7 heteroatoms. The van der Waals surface area contributed by atoms with Crippen molar-refractivity contribution in [1.82, 2.24) is 9.88 Å². The number of esters is 1. The normalized spacial score (nSPS) is 24.1. The number of nitrogens with one attached hydrogen (secondary N) is 1. The molecule has 4 rings (SSSR count). The van der Waals surface area contributed by atoms with Crippen molar-refractivity contribution in [2.75, 3.05) is 13.7 Å². The topological polar surface area (TPSA) is 62.4 Å². The van der Waals surface area contributed by atoms with Crippen molar-refractivity contribution in [3.63, 3.8) is 0 Å². The van der Waals surface area contributed by atoms with Crippen LogP contribution in [0, 0.1) is 5.41 Å². The molecule has 0 saturated heterocycles. The van der Waals surface area contributed by atoms with Crippen LogP contribution in [0.1, 0.15) is 35.0 Å². The van der Waals surface area contributed by atoms with Crippen LogP contribution in [0.4, 0.5) is 0 Å². The van der Waals surface area contributed by atoms with Crippen LogP contribution < -0.4 is 0 Å². The number of halogens is 2. The maximum atomic E-state index is 12.9. The summed E-state index contributed by atoms with van der Waals surface area (Å²) in [5.41, 5.74) is 2.88. The Bertz CT molecular complexity index is 905. The van der Waals surface area contributed by atoms with Crippen molar-refractivity contribution in [2.45, 2.75) is 30.6 Å². The summed E-state index contributed by atoms with van der Waals surface area (Å²) in [6.07, 6.45) is 1.21. The first kappa shape index (κ1) is 16.7. The number of methoxy groups -OCH3 is 1. The van der Waals surface area contributed by atoms with E-state index in [-0.39, 0.29) is 11.9 Å². The summed E-state index contributed by atoms with van der Waals surface area (Å²) >= 11 is 12.3. The molecular weight excluding hydrogens is 363 g/mol. The van der Waals surface area contributed by atoms with Crippen molar-refractivity contribution < 1.29 is 14.3 Å². The molecule has 0 bridgehead atoms. The molecule has 1 aliphatic carbocycles. The van der Waals surface area contributed by atoms with E-state index in [1.807, 2.05) is 24.0 Å². The predicted octanol–water partition coefficient (Wildman–Crippen LogP) is 3.42. The zero-order valence-corrected chi connectivity index (χ0v) is 15.5. The molecule has 5 nitrogen and oxygen atoms in total. The molecule has 2 heterocycles. The molecule has 1 amide bonds. The number of carbonyl (C=O) groups excluding carboxylic acids is 2. The second-order valence-electron chi connectivity index (χ2n) is 7.02. The fourth-order valence-corrected chi connectivity index (χ4v) is 4.31. The van der Waals surface area contributed by atoms with Gasteiger partial charge in [0.25, 0.3) is 0 Å². The minimum absolute atomic E-state index is 0.0124. The summed E-state index contributed by atoms with van der Waals surface area (Å²) in [6.45, 7) is 2.93. The maximum Gasteiger partial charge on any atom is 0.337 e. The van der Waals surface area contributed by atoms with Crippen LogP contribution in [0.5, 0.6) is 0 Å². The van der Waals surface area contributed by atoms with Gasteiger partial charge in [-0.1, -0.05) is 0 Å². The molecule has 0 radical (unpaired) electrons. The zero-order chi connectivity index (χ0) is 18.0. The van der Waals surface area contributed by atoms with E-state index in [2.05, 4.69) is 4.98 Å². The van der Waals surface area contributed by atoms with Gasteiger partial charge in [-0.25, -0.2) is 4.79 Å². The number of alkyl halides is 2. The standard InChI is InChI=1S/C18H18Cl2N2O3/c1-17(9-18(17,19)20)16(24)22-6-5-14-12(8-22)11-7-10(15(23)25-2)3-4-13(11)21-14/h3-4,7,21H,5-6,8-9H2,1-2H3/t17-/m0/s1. The largest absolute Gasteiger partial charge is 0.465 e. The molecule has 132 valence electrons. The highest BCUT2D eigenvalue weighted by atomic mass is 35.5. The first-order valence-corrected chi connectivity index (χ1v) is 8.91. The van der Waals surface area contributed by atoms with E-state index in [0.29, 0.717) is 25.1 Å². The Hall–Kier alpha value is -1.72. The van der Waals surface area contributed by atoms with Crippen LogP contribution in [0.25, 0.3) is 10.9 Å². The van der Waals surface area contributed by atoms with Crippen molar-refractivity contribution in [3.8, 4) is 0 Å². The SMILES string of the molecule is COC(=O)c1ccc2[nH]c3c(c2c1)CN(C(=O)[C@]1(C)CC1(Cl)Cl)CC3. The molecule has 1 saturated carbocycles. The number of ether oxygens (including phenoxy) is 1. The maximum absolute atomic E-state index is 12.9. The van der Waals surface area contributed by atoms with E-state index in [0.717, 1.165) is 28.6 Å². The summed E-state index contributed by atoms with van der Waals surface area (Å²) in [6, 6.07) is 5.42. The summed E-state index contributed by atoms with van der Waals surface area (Å²) in [5, 5.41) is 0.944. The number of aromatic amines is 1. The zero-order valence-electron chi connectivity index (χ0n) is 14.0. The number of nitrogens with zero attached hydrogens (tertiary/aromatic N) is 1. The Kier molecular flexibility index (Phi) is 3.61. The first-order chi connectivity index (χ1) is 11.8. The van der Waals surface area contributed by atoms with Gasteiger partial charge in [-0.2, -0.15) is 0 Å². The fourth-order valence-electron chi connectivity index (χ4n) is 3.61. The summed E-state index contributed by atoms with van der Waals surface area (Å²) in [7, 11) is 1.36. The molecule has 1 fully saturated rings. The second-order valence-corrected chi connectivity index (χ2v) is 8.51. The average molecular weight is 381 g/mol. The molecule has 1 aliphatic heterocycles. The quantitative estimate of drug-likeness (QED) is 0.641. The third kappa shape index (κ3) is 2.44. The lowest BCUT2D eigenvalue weighted by molar-refractivity contribution is -0.137. The van der Waals surface area contributed by atoms with E-state index in [1.165, 1.54) is 7.11 Å². The van der Waals surface area contributed by atoms with E-state index in [4.69, 9.17) is 27.9 Å². The van der Waals surface area contributed by atoms with Gasteiger partial charge in [0.15, 0.2) is 0 Å². The monoisotopic (exact) mass is 380 g/mol. The van der Waals surface area contributed by atoms with Crippen molar-refractivity contribution in [3.05, 3.63) is 35.0 Å². The predicted molar refractivity (Wildman–Crippen MR) is 95.9 cm³/mol. The molecule has 1 N–H and O–H groups in total. The second kappa shape index (κ2) is 5.39. The molecule has 1 aromatic carbocycles. The number of rotatable bonds is 2. The minimum Gasteiger partial charge on any atom is -0.465 e. The third-order valence-electron chi connectivity index (χ3n) is 5.41. The van der Waals surface area contributed by atoms with Gasteiger partial charge >= 0.3 is 5.97 Å². The van der Waals surface area contributed by atoms with Crippen LogP contribution in [0.2, 0.25) is 0 Å². The van der Waals surface area contributed by atoms with E-state index >= 15 is 0 Å². The Balaban J connectivity index is 1.68. The molecule has 1 atom stereocenters. The molecule has 0 spiro atoms. The minimum atomic E-state index is -0.970. The van der Waals surface area contributed by atoms with Gasteiger partial charge in [0.05, 0.1) is 18.1 Å². The van der Waals surface area contributed by atoms with Gasteiger partial charge in [0, 0.05) is 41.7 Å². The number of hydrogen-bond donors (Lipinski definition) is 1. The van der Waals surface area contributed by atoms with Gasteiger partial charge in [-0.3, -0.25) is 4.79 Å². The molecule has 1 aromatic heterocycles. The number of amides is 1. The molecular formula is C18H18Cl2N2O3. The van der Waals surface area contributed by atoms with Gasteiger partial charge < -0.3 is 14.6 Å². The van der Waals surface area contributed by atoms with Crippen molar-refractivity contribution >= 4 is 46.0 Å². The fraction of sp³-hybridized carbons (Fsp3) is 0.444. The van der Waals surface area contributed by atoms with Crippen molar-refractivity contribution in [2.24, 2.45) is 5.41 Å². The summed E-state index contributed by atoms with van der Waals surface area (Å²) in [4.78, 5) is 29.9. The number of benzene rings is 1. The van der Waals surface area contributed by atoms with Crippen LogP contribution in [-0.4, -0.2) is 39.7 Å². The highest BCUT2D eigenvalue weighted by Gasteiger charge is 2.68. The van der Waals surface area contributed by atoms with E-state index in [9.17, 15) is 9.59 Å². The summed E-state index contributed by atoms with van der Waals surface area (Å²) in [5.74, 6) is -0.387. The van der Waals surface area contributed by atoms with E-state index < -0.39 is 9.75 Å². The Morgan fingerprint density at radius 3 is 2.68 bits per heavy atom.